The minimum atomic E-state index is -0.300. The molecule has 0 fully saturated rings. The van der Waals surface area contributed by atoms with Crippen LogP contribution in [0.5, 0.6) is 0 Å². The number of fused-ring (bicyclic) bond motifs is 1. The molecule has 154 valence electrons. The molecule has 4 rings (SSSR count). The van der Waals surface area contributed by atoms with E-state index in [1.807, 2.05) is 42.0 Å². The lowest BCUT2D eigenvalue weighted by molar-refractivity contribution is -0.116. The van der Waals surface area contributed by atoms with Crippen molar-refractivity contribution >= 4 is 44.4 Å². The molecular formula is C22H21FN4OS2. The van der Waals surface area contributed by atoms with Crippen molar-refractivity contribution < 1.29 is 9.18 Å². The zero-order chi connectivity index (χ0) is 20.9. The van der Waals surface area contributed by atoms with Crippen LogP contribution in [0.3, 0.4) is 0 Å². The summed E-state index contributed by atoms with van der Waals surface area (Å²) in [5, 5.41) is 0.607. The van der Waals surface area contributed by atoms with E-state index in [1.54, 1.807) is 23.5 Å². The lowest BCUT2D eigenvalue weighted by Gasteiger charge is -2.20. The maximum absolute atomic E-state index is 13.6. The van der Waals surface area contributed by atoms with Crippen molar-refractivity contribution in [3.8, 4) is 0 Å². The first-order chi connectivity index (χ1) is 14.6. The second-order valence-corrected chi connectivity index (χ2v) is 8.97. The Hall–Kier alpha value is -2.71. The number of amides is 1. The van der Waals surface area contributed by atoms with Crippen LogP contribution in [0.25, 0.3) is 10.2 Å². The van der Waals surface area contributed by atoms with Gasteiger partial charge >= 0.3 is 0 Å². The van der Waals surface area contributed by atoms with Gasteiger partial charge in [0.25, 0.3) is 0 Å². The molecule has 0 spiro atoms. The number of carbonyl (C=O) groups excluding carboxylic acids is 1. The molecule has 0 N–H and O–H groups in total. The van der Waals surface area contributed by atoms with E-state index >= 15 is 0 Å². The number of hydrogen-bond donors (Lipinski definition) is 0. The Labute approximate surface area is 182 Å². The molecule has 0 aliphatic carbocycles. The molecule has 2 aromatic carbocycles. The first-order valence-electron chi connectivity index (χ1n) is 9.60. The number of nitrogens with zero attached hydrogens (tertiary/aromatic N) is 4. The SMILES string of the molecule is Cc1ccc(SCC(=O)N(CCCn2ccnc2)c2nc3ccc(F)cc3s2)cc1. The van der Waals surface area contributed by atoms with Crippen molar-refractivity contribution in [1.82, 2.24) is 14.5 Å². The van der Waals surface area contributed by atoms with E-state index in [2.05, 4.69) is 9.97 Å². The molecule has 0 bridgehead atoms. The number of aromatic nitrogens is 3. The zero-order valence-electron chi connectivity index (χ0n) is 16.5. The molecule has 0 radical (unpaired) electrons. The lowest BCUT2D eigenvalue weighted by Crippen LogP contribution is -2.33. The number of benzene rings is 2. The third-order valence-electron chi connectivity index (χ3n) is 4.61. The van der Waals surface area contributed by atoms with Crippen molar-refractivity contribution in [1.29, 1.82) is 0 Å². The first kappa shape index (κ1) is 20.6. The maximum Gasteiger partial charge on any atom is 0.239 e. The minimum absolute atomic E-state index is 0.00858. The number of aryl methyl sites for hydroxylation is 2. The molecule has 5 nitrogen and oxygen atoms in total. The third-order valence-corrected chi connectivity index (χ3v) is 6.65. The third kappa shape index (κ3) is 5.06. The number of halogens is 1. The summed E-state index contributed by atoms with van der Waals surface area (Å²) < 4.78 is 16.3. The molecule has 2 heterocycles. The smallest absolute Gasteiger partial charge is 0.239 e. The van der Waals surface area contributed by atoms with Crippen molar-refractivity contribution in [2.24, 2.45) is 0 Å². The van der Waals surface area contributed by atoms with E-state index in [0.29, 0.717) is 22.9 Å². The van der Waals surface area contributed by atoms with Crippen LogP contribution in [0.4, 0.5) is 9.52 Å². The quantitative estimate of drug-likeness (QED) is 0.355. The van der Waals surface area contributed by atoms with E-state index in [4.69, 9.17) is 0 Å². The van der Waals surface area contributed by atoms with Crippen LogP contribution >= 0.6 is 23.1 Å². The van der Waals surface area contributed by atoms with Crippen molar-refractivity contribution in [2.45, 2.75) is 24.8 Å². The molecule has 0 atom stereocenters. The molecule has 8 heteroatoms. The molecule has 1 amide bonds. The fourth-order valence-electron chi connectivity index (χ4n) is 3.02. The van der Waals surface area contributed by atoms with Crippen LogP contribution in [0.2, 0.25) is 0 Å². The van der Waals surface area contributed by atoms with E-state index < -0.39 is 0 Å². The van der Waals surface area contributed by atoms with Crippen LogP contribution in [-0.2, 0) is 11.3 Å². The summed E-state index contributed by atoms with van der Waals surface area (Å²) >= 11 is 2.86. The second kappa shape index (κ2) is 9.40. The topological polar surface area (TPSA) is 51.0 Å². The molecule has 30 heavy (non-hydrogen) atoms. The van der Waals surface area contributed by atoms with Crippen LogP contribution in [0.1, 0.15) is 12.0 Å². The fourth-order valence-corrected chi connectivity index (χ4v) is 4.82. The van der Waals surface area contributed by atoms with Gasteiger partial charge in [0.15, 0.2) is 5.13 Å². The maximum atomic E-state index is 13.6. The van der Waals surface area contributed by atoms with Gasteiger partial charge in [-0.25, -0.2) is 14.4 Å². The molecule has 0 unspecified atom stereocenters. The summed E-state index contributed by atoms with van der Waals surface area (Å²) in [5.74, 6) is 0.00894. The Morgan fingerprint density at radius 1 is 1.23 bits per heavy atom. The largest absolute Gasteiger partial charge is 0.337 e. The van der Waals surface area contributed by atoms with Gasteiger partial charge in [0.05, 0.1) is 22.3 Å². The van der Waals surface area contributed by atoms with Gasteiger partial charge in [-0.15, -0.1) is 11.8 Å². The van der Waals surface area contributed by atoms with E-state index in [-0.39, 0.29) is 11.7 Å². The Kier molecular flexibility index (Phi) is 6.44. The molecule has 0 aliphatic rings. The highest BCUT2D eigenvalue weighted by Gasteiger charge is 2.20. The molecular weight excluding hydrogens is 419 g/mol. The van der Waals surface area contributed by atoms with Crippen LogP contribution < -0.4 is 4.90 Å². The normalized spacial score (nSPS) is 11.1. The lowest BCUT2D eigenvalue weighted by atomic mass is 10.2. The van der Waals surface area contributed by atoms with Gasteiger partial charge in [0.1, 0.15) is 5.82 Å². The molecule has 0 saturated heterocycles. The standard InChI is InChI=1S/C22H21FN4OS2/c1-16-3-6-18(7-4-16)29-14-21(28)27(11-2-10-26-12-9-24-15-26)22-25-19-8-5-17(23)13-20(19)30-22/h3-9,12-13,15H,2,10-11,14H2,1H3. The average Bonchev–Trinajstić information content (AvgIpc) is 3.40. The van der Waals surface area contributed by atoms with E-state index in [9.17, 15) is 9.18 Å². The number of rotatable bonds is 8. The van der Waals surface area contributed by atoms with Crippen molar-refractivity contribution in [3.63, 3.8) is 0 Å². The summed E-state index contributed by atoms with van der Waals surface area (Å²) in [6, 6.07) is 12.6. The van der Waals surface area contributed by atoms with Crippen molar-refractivity contribution in [3.05, 3.63) is 72.6 Å². The number of thiazole rings is 1. The zero-order valence-corrected chi connectivity index (χ0v) is 18.1. The number of thioether (sulfide) groups is 1. The van der Waals surface area contributed by atoms with Gasteiger partial charge in [-0.3, -0.25) is 9.69 Å². The van der Waals surface area contributed by atoms with Crippen LogP contribution in [0.15, 0.2) is 66.1 Å². The highest BCUT2D eigenvalue weighted by atomic mass is 32.2. The second-order valence-electron chi connectivity index (χ2n) is 6.91. The molecule has 2 aromatic heterocycles. The van der Waals surface area contributed by atoms with Gasteiger partial charge in [0, 0.05) is 30.4 Å². The number of carbonyl (C=O) groups is 1. The van der Waals surface area contributed by atoms with E-state index in [0.717, 1.165) is 22.6 Å². The van der Waals surface area contributed by atoms with Gasteiger partial charge in [0.2, 0.25) is 5.91 Å². The summed E-state index contributed by atoms with van der Waals surface area (Å²) in [5.41, 5.74) is 1.89. The summed E-state index contributed by atoms with van der Waals surface area (Å²) in [7, 11) is 0. The minimum Gasteiger partial charge on any atom is -0.337 e. The number of hydrogen-bond acceptors (Lipinski definition) is 5. The fraction of sp³-hybridized carbons (Fsp3) is 0.227. The summed E-state index contributed by atoms with van der Waals surface area (Å²) in [6.45, 7) is 3.33. The Morgan fingerprint density at radius 3 is 2.83 bits per heavy atom. The highest BCUT2D eigenvalue weighted by Crippen LogP contribution is 2.30. The van der Waals surface area contributed by atoms with Crippen molar-refractivity contribution in [2.75, 3.05) is 17.2 Å². The van der Waals surface area contributed by atoms with E-state index in [1.165, 1.54) is 40.8 Å². The Morgan fingerprint density at radius 2 is 2.07 bits per heavy atom. The first-order valence-corrected chi connectivity index (χ1v) is 11.4. The Balaban J connectivity index is 1.50. The summed E-state index contributed by atoms with van der Waals surface area (Å²) in [4.78, 5) is 24.5. The van der Waals surface area contributed by atoms with Gasteiger partial charge in [-0.1, -0.05) is 29.0 Å². The van der Waals surface area contributed by atoms with Gasteiger partial charge in [-0.05, 0) is 43.7 Å². The number of anilines is 1. The van der Waals surface area contributed by atoms with Gasteiger partial charge in [-0.2, -0.15) is 0 Å². The molecule has 4 aromatic rings. The molecule has 0 aliphatic heterocycles. The summed E-state index contributed by atoms with van der Waals surface area (Å²) in [6.07, 6.45) is 6.17. The van der Waals surface area contributed by atoms with Gasteiger partial charge < -0.3 is 4.57 Å². The van der Waals surface area contributed by atoms with Crippen LogP contribution in [-0.4, -0.2) is 32.7 Å². The molecule has 0 saturated carbocycles. The van der Waals surface area contributed by atoms with Crippen LogP contribution in [0, 0.1) is 12.7 Å². The predicted molar refractivity (Wildman–Crippen MR) is 121 cm³/mol. The predicted octanol–water partition coefficient (Wildman–Crippen LogP) is 5.16. The highest BCUT2D eigenvalue weighted by molar-refractivity contribution is 8.00. The number of imidazole rings is 1. The average molecular weight is 441 g/mol. The Bertz CT molecular complexity index is 1130. The monoisotopic (exact) mass is 440 g/mol.